The molecule has 0 bridgehead atoms. The molecule has 1 N–H and O–H groups in total. The number of halogens is 1. The van der Waals surface area contributed by atoms with Gasteiger partial charge in [0.25, 0.3) is 0 Å². The predicted molar refractivity (Wildman–Crippen MR) is 67.0 cm³/mol. The monoisotopic (exact) mass is 265 g/mol. The van der Waals surface area contributed by atoms with E-state index in [2.05, 4.69) is 20.0 Å². The summed E-state index contributed by atoms with van der Waals surface area (Å²) >= 11 is 0. The van der Waals surface area contributed by atoms with Gasteiger partial charge in [-0.3, -0.25) is 0 Å². The Kier molecular flexibility index (Phi) is 4.46. The van der Waals surface area contributed by atoms with Crippen molar-refractivity contribution in [3.63, 3.8) is 0 Å². The zero-order valence-electron chi connectivity index (χ0n) is 10.9. The van der Waals surface area contributed by atoms with Crippen LogP contribution in [-0.4, -0.2) is 16.2 Å². The number of nitrogens with zero attached hydrogens (tertiary/aromatic N) is 2. The molecule has 1 aromatic heterocycles. The summed E-state index contributed by atoms with van der Waals surface area (Å²) in [7, 11) is 0. The van der Waals surface area contributed by atoms with Crippen molar-refractivity contribution in [2.75, 3.05) is 0 Å². The third-order valence-electron chi connectivity index (χ3n) is 2.49. The lowest BCUT2D eigenvalue weighted by atomic mass is 10.2. The van der Waals surface area contributed by atoms with Crippen LogP contribution >= 0.6 is 0 Å². The zero-order chi connectivity index (χ0) is 13.7. The Morgan fingerprint density at radius 1 is 1.42 bits per heavy atom. The normalized spacial score (nSPS) is 10.9. The smallest absolute Gasteiger partial charge is 0.213 e. The summed E-state index contributed by atoms with van der Waals surface area (Å²) in [5, 5.41) is 6.88. The number of benzene rings is 1. The van der Waals surface area contributed by atoms with Crippen molar-refractivity contribution in [1.29, 1.82) is 0 Å². The fraction of sp³-hybridized carbons (Fsp3) is 0.385. The van der Waals surface area contributed by atoms with E-state index in [1.807, 2.05) is 13.8 Å². The van der Waals surface area contributed by atoms with Gasteiger partial charge >= 0.3 is 0 Å². The summed E-state index contributed by atoms with van der Waals surface area (Å²) < 4.78 is 23.5. The fourth-order valence-electron chi connectivity index (χ4n) is 1.54. The van der Waals surface area contributed by atoms with Crippen LogP contribution < -0.4 is 10.1 Å². The molecule has 0 aliphatic rings. The van der Waals surface area contributed by atoms with E-state index in [9.17, 15) is 4.39 Å². The Bertz CT molecular complexity index is 515. The van der Waals surface area contributed by atoms with Crippen LogP contribution in [-0.2, 0) is 13.2 Å². The lowest BCUT2D eigenvalue weighted by Gasteiger charge is -2.13. The molecule has 0 unspecified atom stereocenters. The summed E-state index contributed by atoms with van der Waals surface area (Å²) in [6.45, 7) is 4.78. The van der Waals surface area contributed by atoms with Gasteiger partial charge in [-0.1, -0.05) is 19.0 Å². The summed E-state index contributed by atoms with van der Waals surface area (Å²) in [5.74, 6) is 0.777. The van der Waals surface area contributed by atoms with E-state index < -0.39 is 0 Å². The number of ether oxygens (including phenoxy) is 1. The number of rotatable bonds is 6. The molecule has 0 spiro atoms. The van der Waals surface area contributed by atoms with E-state index in [-0.39, 0.29) is 12.4 Å². The van der Waals surface area contributed by atoms with Crippen molar-refractivity contribution < 1.29 is 13.7 Å². The topological polar surface area (TPSA) is 60.2 Å². The summed E-state index contributed by atoms with van der Waals surface area (Å²) in [6, 6.07) is 4.74. The van der Waals surface area contributed by atoms with Gasteiger partial charge in [0.05, 0.1) is 0 Å². The minimum atomic E-state index is -0.285. The maximum absolute atomic E-state index is 13.3. The van der Waals surface area contributed by atoms with E-state index >= 15 is 0 Å². The van der Waals surface area contributed by atoms with Gasteiger partial charge in [-0.15, -0.1) is 0 Å². The Morgan fingerprint density at radius 2 is 2.26 bits per heavy atom. The molecule has 0 fully saturated rings. The molecule has 0 amide bonds. The third kappa shape index (κ3) is 4.03. The van der Waals surface area contributed by atoms with Crippen LogP contribution in [0.15, 0.2) is 29.1 Å². The first-order valence-electron chi connectivity index (χ1n) is 6.05. The van der Waals surface area contributed by atoms with E-state index in [4.69, 9.17) is 4.74 Å². The quantitative estimate of drug-likeness (QED) is 0.868. The lowest BCUT2D eigenvalue weighted by molar-refractivity contribution is 0.282. The van der Waals surface area contributed by atoms with Crippen LogP contribution in [0, 0.1) is 5.82 Å². The van der Waals surface area contributed by atoms with Crippen LogP contribution in [0.3, 0.4) is 0 Å². The lowest BCUT2D eigenvalue weighted by Crippen LogP contribution is -2.22. The molecule has 2 aromatic rings. The molecular weight excluding hydrogens is 249 g/mol. The van der Waals surface area contributed by atoms with Gasteiger partial charge in [-0.2, -0.15) is 4.98 Å². The highest BCUT2D eigenvalue weighted by atomic mass is 19.1. The van der Waals surface area contributed by atoms with Crippen LogP contribution in [0.5, 0.6) is 5.75 Å². The molecule has 19 heavy (non-hydrogen) atoms. The van der Waals surface area contributed by atoms with E-state index in [1.165, 1.54) is 18.5 Å². The van der Waals surface area contributed by atoms with Crippen LogP contribution in [0.4, 0.5) is 4.39 Å². The molecule has 0 saturated heterocycles. The van der Waals surface area contributed by atoms with Crippen LogP contribution in [0.25, 0.3) is 0 Å². The molecule has 0 aliphatic carbocycles. The Morgan fingerprint density at radius 3 is 2.95 bits per heavy atom. The second-order valence-electron chi connectivity index (χ2n) is 4.42. The average Bonchev–Trinajstić information content (AvgIpc) is 2.88. The molecule has 0 saturated carbocycles. The summed E-state index contributed by atoms with van der Waals surface area (Å²) in [5.41, 5.74) is 0.761. The fourth-order valence-corrected chi connectivity index (χ4v) is 1.54. The van der Waals surface area contributed by atoms with Crippen molar-refractivity contribution in [1.82, 2.24) is 15.5 Å². The third-order valence-corrected chi connectivity index (χ3v) is 2.49. The van der Waals surface area contributed by atoms with E-state index in [0.29, 0.717) is 24.2 Å². The summed E-state index contributed by atoms with van der Waals surface area (Å²) in [4.78, 5) is 3.86. The van der Waals surface area contributed by atoms with Gasteiger partial charge < -0.3 is 14.6 Å². The first-order chi connectivity index (χ1) is 9.15. The minimum Gasteiger partial charge on any atom is -0.485 e. The summed E-state index contributed by atoms with van der Waals surface area (Å²) in [6.07, 6.45) is 1.24. The maximum Gasteiger partial charge on any atom is 0.213 e. The number of aromatic nitrogens is 2. The molecule has 0 atom stereocenters. The number of hydrogen-bond acceptors (Lipinski definition) is 5. The van der Waals surface area contributed by atoms with Crippen molar-refractivity contribution in [3.8, 4) is 5.75 Å². The molecule has 1 aromatic carbocycles. The standard InChI is InChI=1S/C13H16FN3O2/c1-9(2)15-6-10-5-11(14)3-4-12(10)18-7-13-16-8-19-17-13/h3-5,8-9,15H,6-7H2,1-2H3. The molecule has 5 nitrogen and oxygen atoms in total. The Balaban J connectivity index is 2.05. The molecule has 0 radical (unpaired) electrons. The largest absolute Gasteiger partial charge is 0.485 e. The van der Waals surface area contributed by atoms with Gasteiger partial charge in [-0.25, -0.2) is 4.39 Å². The molecule has 2 rings (SSSR count). The number of nitrogens with one attached hydrogen (secondary N) is 1. The van der Waals surface area contributed by atoms with Crippen molar-refractivity contribution >= 4 is 0 Å². The van der Waals surface area contributed by atoms with Crippen LogP contribution in [0.1, 0.15) is 25.2 Å². The highest BCUT2D eigenvalue weighted by molar-refractivity contribution is 5.34. The predicted octanol–water partition coefficient (Wildman–Crippen LogP) is 2.29. The second-order valence-corrected chi connectivity index (χ2v) is 4.42. The van der Waals surface area contributed by atoms with Gasteiger partial charge in [0.15, 0.2) is 6.61 Å². The molecule has 6 heteroatoms. The van der Waals surface area contributed by atoms with Crippen molar-refractivity contribution in [2.45, 2.75) is 33.0 Å². The molecule has 0 aliphatic heterocycles. The average molecular weight is 265 g/mol. The second kappa shape index (κ2) is 6.29. The highest BCUT2D eigenvalue weighted by Gasteiger charge is 2.08. The van der Waals surface area contributed by atoms with Gasteiger partial charge in [-0.05, 0) is 18.2 Å². The van der Waals surface area contributed by atoms with E-state index in [1.54, 1.807) is 6.07 Å². The first-order valence-corrected chi connectivity index (χ1v) is 6.05. The van der Waals surface area contributed by atoms with Crippen molar-refractivity contribution in [2.24, 2.45) is 0 Å². The molecule has 1 heterocycles. The van der Waals surface area contributed by atoms with Gasteiger partial charge in [0.1, 0.15) is 11.6 Å². The van der Waals surface area contributed by atoms with Gasteiger partial charge in [0, 0.05) is 18.2 Å². The Hall–Kier alpha value is -1.95. The Labute approximate surface area is 110 Å². The van der Waals surface area contributed by atoms with E-state index in [0.717, 1.165) is 5.56 Å². The number of hydrogen-bond donors (Lipinski definition) is 1. The molecular formula is C13H16FN3O2. The maximum atomic E-state index is 13.3. The highest BCUT2D eigenvalue weighted by Crippen LogP contribution is 2.20. The SMILES string of the molecule is CC(C)NCc1cc(F)ccc1OCc1ncon1. The van der Waals surface area contributed by atoms with Gasteiger partial charge in [0.2, 0.25) is 12.2 Å². The zero-order valence-corrected chi connectivity index (χ0v) is 10.9. The van der Waals surface area contributed by atoms with Crippen LogP contribution in [0.2, 0.25) is 0 Å². The minimum absolute atomic E-state index is 0.191. The van der Waals surface area contributed by atoms with Crippen molar-refractivity contribution in [3.05, 3.63) is 41.8 Å². The molecule has 102 valence electrons. The first kappa shape index (κ1) is 13.5.